The Labute approximate surface area is 200 Å². The predicted molar refractivity (Wildman–Crippen MR) is 109 cm³/mol. The summed E-state index contributed by atoms with van der Waals surface area (Å²) >= 11 is 0. The number of carbonyl (C=O) groups is 3. The second-order valence-electron chi connectivity index (χ2n) is 7.32. The van der Waals surface area contributed by atoms with Gasteiger partial charge in [0.15, 0.2) is 24.1 Å². The van der Waals surface area contributed by atoms with Crippen molar-refractivity contribution in [2.75, 3.05) is 6.61 Å². The highest BCUT2D eigenvalue weighted by atomic mass is 35.5. The molecule has 0 radical (unpaired) electrons. The SMILES string of the molecule is CC(=O)OC[C@H]1O[C@@H](n2cnc3c(-[n+]4ccccc4)ncnc32)[C@H](OC(C)=O)[C@@H]1OC(C)=O.[Cl-]. The molecule has 0 saturated carbocycles. The maximum Gasteiger partial charge on any atom is 0.359 e. The lowest BCUT2D eigenvalue weighted by Gasteiger charge is -2.23. The number of esters is 3. The van der Waals surface area contributed by atoms with E-state index in [1.54, 1.807) is 9.13 Å². The Balaban J connectivity index is 0.00000324. The number of ether oxygens (including phenoxy) is 4. The molecular weight excluding hydrogens is 470 g/mol. The number of rotatable bonds is 6. The molecule has 4 heterocycles. The van der Waals surface area contributed by atoms with Gasteiger partial charge in [-0.05, 0) is 17.1 Å². The van der Waals surface area contributed by atoms with Gasteiger partial charge in [0, 0.05) is 20.8 Å². The summed E-state index contributed by atoms with van der Waals surface area (Å²) in [6.07, 6.45) is 2.62. The zero-order chi connectivity index (χ0) is 23.5. The summed E-state index contributed by atoms with van der Waals surface area (Å²) < 4.78 is 25.4. The Morgan fingerprint density at radius 1 is 0.971 bits per heavy atom. The first-order chi connectivity index (χ1) is 15.8. The van der Waals surface area contributed by atoms with Gasteiger partial charge in [0.25, 0.3) is 0 Å². The molecule has 3 aromatic rings. The van der Waals surface area contributed by atoms with E-state index in [-0.39, 0.29) is 19.0 Å². The van der Waals surface area contributed by atoms with Crippen molar-refractivity contribution >= 4 is 29.1 Å². The molecule has 12 nitrogen and oxygen atoms in total. The van der Waals surface area contributed by atoms with Gasteiger partial charge >= 0.3 is 23.7 Å². The first-order valence-electron chi connectivity index (χ1n) is 10.1. The lowest BCUT2D eigenvalue weighted by Crippen LogP contribution is -3.00. The molecule has 3 aromatic heterocycles. The number of carbonyl (C=O) groups excluding carboxylic acids is 3. The highest BCUT2D eigenvalue weighted by Gasteiger charge is 2.51. The topological polar surface area (TPSA) is 136 Å². The van der Waals surface area contributed by atoms with Crippen LogP contribution in [0.2, 0.25) is 0 Å². The number of fused-ring (bicyclic) bond motifs is 1. The molecule has 4 rings (SSSR count). The standard InChI is InChI=1S/C21H22N5O7.ClH/c1-12(27)30-9-15-17(31-13(2)28)18(32-14(3)29)21(33-15)26-11-24-16-19(22-10-23-20(16)26)25-7-5-4-6-8-25;/h4-8,10-11,15,17-18,21H,9H2,1-3H3;1H/q+1;/p-1/t15-,17-,18-,21-;/m1./s1. The quantitative estimate of drug-likeness (QED) is 0.205. The molecule has 4 atom stereocenters. The third-order valence-corrected chi connectivity index (χ3v) is 4.91. The van der Waals surface area contributed by atoms with Crippen LogP contribution < -0.4 is 17.0 Å². The monoisotopic (exact) mass is 491 g/mol. The van der Waals surface area contributed by atoms with Crippen LogP contribution in [0.4, 0.5) is 0 Å². The van der Waals surface area contributed by atoms with E-state index < -0.39 is 42.4 Å². The molecule has 0 aliphatic carbocycles. The minimum Gasteiger partial charge on any atom is -1.00 e. The number of hydrogen-bond acceptors (Lipinski definition) is 10. The summed E-state index contributed by atoms with van der Waals surface area (Å²) in [5.74, 6) is -1.19. The first kappa shape index (κ1) is 25.0. The van der Waals surface area contributed by atoms with E-state index in [2.05, 4.69) is 15.0 Å². The van der Waals surface area contributed by atoms with Gasteiger partial charge in [-0.15, -0.1) is 0 Å². The summed E-state index contributed by atoms with van der Waals surface area (Å²) in [6, 6.07) is 5.58. The van der Waals surface area contributed by atoms with Crippen LogP contribution in [0.1, 0.15) is 27.0 Å². The number of nitrogens with zero attached hydrogens (tertiary/aromatic N) is 5. The van der Waals surface area contributed by atoms with Crippen LogP contribution in [0.15, 0.2) is 43.2 Å². The van der Waals surface area contributed by atoms with Gasteiger partial charge in [-0.3, -0.25) is 19.0 Å². The molecular formula is C21H22ClN5O7. The van der Waals surface area contributed by atoms with Crippen LogP contribution in [0.5, 0.6) is 0 Å². The molecule has 0 aromatic carbocycles. The maximum absolute atomic E-state index is 11.9. The molecule has 34 heavy (non-hydrogen) atoms. The van der Waals surface area contributed by atoms with E-state index in [1.807, 2.05) is 30.6 Å². The minimum atomic E-state index is -1.04. The second-order valence-corrected chi connectivity index (χ2v) is 7.32. The van der Waals surface area contributed by atoms with Crippen molar-refractivity contribution in [1.82, 2.24) is 19.5 Å². The fourth-order valence-corrected chi connectivity index (χ4v) is 3.67. The van der Waals surface area contributed by atoms with Crippen molar-refractivity contribution in [2.24, 2.45) is 0 Å². The Bertz CT molecular complexity index is 1190. The van der Waals surface area contributed by atoms with Crippen LogP contribution in [0.3, 0.4) is 0 Å². The zero-order valence-corrected chi connectivity index (χ0v) is 19.3. The molecule has 13 heteroatoms. The largest absolute Gasteiger partial charge is 1.00 e. The third-order valence-electron chi connectivity index (χ3n) is 4.91. The van der Waals surface area contributed by atoms with Gasteiger partial charge in [0.2, 0.25) is 11.8 Å². The average molecular weight is 492 g/mol. The van der Waals surface area contributed by atoms with Gasteiger partial charge < -0.3 is 31.4 Å². The van der Waals surface area contributed by atoms with Gasteiger partial charge in [0.05, 0.1) is 18.7 Å². The van der Waals surface area contributed by atoms with Crippen LogP contribution >= 0.6 is 0 Å². The maximum atomic E-state index is 11.9. The normalized spacial score (nSPS) is 21.5. The first-order valence-corrected chi connectivity index (χ1v) is 10.1. The number of aromatic nitrogens is 5. The molecule has 1 saturated heterocycles. The van der Waals surface area contributed by atoms with Crippen molar-refractivity contribution in [3.8, 4) is 5.82 Å². The highest BCUT2D eigenvalue weighted by Crippen LogP contribution is 2.36. The van der Waals surface area contributed by atoms with E-state index in [1.165, 1.54) is 33.4 Å². The van der Waals surface area contributed by atoms with E-state index in [9.17, 15) is 14.4 Å². The Morgan fingerprint density at radius 2 is 1.65 bits per heavy atom. The predicted octanol–water partition coefficient (Wildman–Crippen LogP) is -2.57. The average Bonchev–Trinajstić information content (AvgIpc) is 3.34. The van der Waals surface area contributed by atoms with Crippen LogP contribution in [0.25, 0.3) is 17.0 Å². The van der Waals surface area contributed by atoms with Crippen molar-refractivity contribution in [3.05, 3.63) is 43.2 Å². The summed E-state index contributed by atoms with van der Waals surface area (Å²) in [5.41, 5.74) is 0.888. The summed E-state index contributed by atoms with van der Waals surface area (Å²) in [4.78, 5) is 48.1. The Hall–Kier alpha value is -3.64. The van der Waals surface area contributed by atoms with Gasteiger partial charge in [-0.1, -0.05) is 6.07 Å². The molecule has 0 unspecified atom stereocenters. The van der Waals surface area contributed by atoms with Crippen molar-refractivity contribution in [1.29, 1.82) is 0 Å². The molecule has 1 aliphatic rings. The van der Waals surface area contributed by atoms with Crippen LogP contribution in [0, 0.1) is 0 Å². The molecule has 180 valence electrons. The van der Waals surface area contributed by atoms with E-state index in [4.69, 9.17) is 18.9 Å². The van der Waals surface area contributed by atoms with E-state index in [0.29, 0.717) is 17.0 Å². The molecule has 0 amide bonds. The van der Waals surface area contributed by atoms with Gasteiger partial charge in [-0.25, -0.2) is 9.55 Å². The summed E-state index contributed by atoms with van der Waals surface area (Å²) in [7, 11) is 0. The lowest BCUT2D eigenvalue weighted by molar-refractivity contribution is -0.598. The molecule has 1 fully saturated rings. The summed E-state index contributed by atoms with van der Waals surface area (Å²) in [5, 5.41) is 0. The summed E-state index contributed by atoms with van der Waals surface area (Å²) in [6.45, 7) is 3.51. The number of imidazole rings is 1. The van der Waals surface area contributed by atoms with Crippen molar-refractivity contribution in [2.45, 2.75) is 45.3 Å². The van der Waals surface area contributed by atoms with Crippen LogP contribution in [-0.4, -0.2) is 62.3 Å². The van der Waals surface area contributed by atoms with Crippen LogP contribution in [-0.2, 0) is 33.3 Å². The van der Waals surface area contributed by atoms with Gasteiger partial charge in [-0.2, -0.15) is 4.98 Å². The van der Waals surface area contributed by atoms with E-state index in [0.717, 1.165) is 0 Å². The zero-order valence-electron chi connectivity index (χ0n) is 18.5. The highest BCUT2D eigenvalue weighted by molar-refractivity contribution is 5.76. The molecule has 0 spiro atoms. The van der Waals surface area contributed by atoms with E-state index >= 15 is 0 Å². The fraction of sp³-hybridized carbons (Fsp3) is 0.381. The molecule has 1 aliphatic heterocycles. The minimum absolute atomic E-state index is 0. The van der Waals surface area contributed by atoms with Crippen molar-refractivity contribution in [3.63, 3.8) is 0 Å². The number of hydrogen-bond donors (Lipinski definition) is 0. The smallest absolute Gasteiger partial charge is 0.359 e. The lowest BCUT2D eigenvalue weighted by atomic mass is 10.1. The molecule has 0 bridgehead atoms. The number of pyridine rings is 1. The Morgan fingerprint density at radius 3 is 2.29 bits per heavy atom. The number of halogens is 1. The third kappa shape index (κ3) is 5.13. The van der Waals surface area contributed by atoms with Gasteiger partial charge in [0.1, 0.15) is 12.7 Å². The van der Waals surface area contributed by atoms with Crippen molar-refractivity contribution < 1.29 is 50.3 Å². The fourth-order valence-electron chi connectivity index (χ4n) is 3.67. The molecule has 0 N–H and O–H groups in total. The second kappa shape index (κ2) is 10.5. The Kier molecular flexibility index (Phi) is 7.74.